The van der Waals surface area contributed by atoms with Crippen LogP contribution in [0.5, 0.6) is 0 Å². The summed E-state index contributed by atoms with van der Waals surface area (Å²) in [6, 6.07) is 12.7. The molecule has 2 aliphatic rings. The number of amides is 2. The molecule has 1 aliphatic carbocycles. The number of hydrogen-bond donors (Lipinski definition) is 0. The Morgan fingerprint density at radius 1 is 1.13 bits per heavy atom. The number of nitrogens with zero attached hydrogens (tertiary/aromatic N) is 2. The second-order valence-corrected chi connectivity index (χ2v) is 8.09. The molecule has 2 amide bonds. The van der Waals surface area contributed by atoms with E-state index in [-0.39, 0.29) is 17.5 Å². The first-order valence-corrected chi connectivity index (χ1v) is 10.4. The van der Waals surface area contributed by atoms with E-state index in [0.717, 1.165) is 37.7 Å². The van der Waals surface area contributed by atoms with E-state index in [2.05, 4.69) is 0 Å². The first-order valence-electron chi connectivity index (χ1n) is 10.1. The van der Waals surface area contributed by atoms with Gasteiger partial charge in [0.1, 0.15) is 23.2 Å². The van der Waals surface area contributed by atoms with Crippen molar-refractivity contribution in [3.8, 4) is 17.4 Å². The van der Waals surface area contributed by atoms with Gasteiger partial charge >= 0.3 is 0 Å². The smallest absolute Gasteiger partial charge is 0.271 e. The molecular formula is C24H21ClN2O3. The fourth-order valence-corrected chi connectivity index (χ4v) is 4.33. The number of halogens is 1. The Bertz CT molecular complexity index is 1110. The second kappa shape index (κ2) is 8.33. The summed E-state index contributed by atoms with van der Waals surface area (Å²) in [6.07, 6.45) is 6.24. The zero-order valence-electron chi connectivity index (χ0n) is 16.7. The van der Waals surface area contributed by atoms with Gasteiger partial charge in [-0.15, -0.1) is 0 Å². The van der Waals surface area contributed by atoms with Crippen molar-refractivity contribution in [2.24, 2.45) is 0 Å². The van der Waals surface area contributed by atoms with Crippen LogP contribution in [0.1, 0.15) is 44.8 Å². The van der Waals surface area contributed by atoms with Crippen LogP contribution in [0.25, 0.3) is 17.4 Å². The quantitative estimate of drug-likeness (QED) is 0.483. The van der Waals surface area contributed by atoms with Gasteiger partial charge in [-0.3, -0.25) is 14.5 Å². The van der Waals surface area contributed by atoms with Crippen molar-refractivity contribution in [2.45, 2.75) is 45.1 Å². The van der Waals surface area contributed by atoms with Crippen molar-refractivity contribution in [1.29, 1.82) is 5.26 Å². The Labute approximate surface area is 180 Å². The third kappa shape index (κ3) is 3.71. The van der Waals surface area contributed by atoms with Gasteiger partial charge in [0.2, 0.25) is 0 Å². The van der Waals surface area contributed by atoms with Crippen molar-refractivity contribution in [2.75, 3.05) is 0 Å². The Hall–Kier alpha value is -3.10. The summed E-state index contributed by atoms with van der Waals surface area (Å²) in [6.45, 7) is 1.64. The summed E-state index contributed by atoms with van der Waals surface area (Å²) in [5.74, 6) is 0.255. The molecule has 0 bridgehead atoms. The largest absolute Gasteiger partial charge is 0.457 e. The summed E-state index contributed by atoms with van der Waals surface area (Å²) in [5, 5.41) is 10.2. The maximum absolute atomic E-state index is 13.3. The lowest BCUT2D eigenvalue weighted by atomic mass is 9.89. The molecule has 1 fully saturated rings. The van der Waals surface area contributed by atoms with Gasteiger partial charge in [-0.2, -0.15) is 5.26 Å². The highest BCUT2D eigenvalue weighted by molar-refractivity contribution is 6.30. The Morgan fingerprint density at radius 2 is 1.90 bits per heavy atom. The highest BCUT2D eigenvalue weighted by Crippen LogP contribution is 2.33. The molecule has 30 heavy (non-hydrogen) atoms. The minimum absolute atomic E-state index is 0.0213. The van der Waals surface area contributed by atoms with Crippen LogP contribution in [0.4, 0.5) is 0 Å². The van der Waals surface area contributed by atoms with Gasteiger partial charge in [-0.25, -0.2) is 0 Å². The number of benzene rings is 1. The average Bonchev–Trinajstić information content (AvgIpc) is 3.21. The highest BCUT2D eigenvalue weighted by atomic mass is 35.5. The van der Waals surface area contributed by atoms with Crippen molar-refractivity contribution in [3.63, 3.8) is 0 Å². The Kier molecular flexibility index (Phi) is 5.61. The Morgan fingerprint density at radius 3 is 2.60 bits per heavy atom. The summed E-state index contributed by atoms with van der Waals surface area (Å²) in [4.78, 5) is 27.4. The van der Waals surface area contributed by atoms with Crippen LogP contribution in [0, 0.1) is 11.3 Å². The third-order valence-electron chi connectivity index (χ3n) is 5.74. The van der Waals surface area contributed by atoms with Gasteiger partial charge in [0.15, 0.2) is 0 Å². The van der Waals surface area contributed by atoms with Crippen molar-refractivity contribution < 1.29 is 14.0 Å². The molecule has 2 heterocycles. The van der Waals surface area contributed by atoms with E-state index in [0.29, 0.717) is 27.7 Å². The minimum atomic E-state index is -0.483. The average molecular weight is 421 g/mol. The summed E-state index contributed by atoms with van der Waals surface area (Å²) < 4.78 is 5.90. The molecule has 0 spiro atoms. The van der Waals surface area contributed by atoms with E-state index in [1.54, 1.807) is 37.3 Å². The van der Waals surface area contributed by atoms with Crippen molar-refractivity contribution in [3.05, 3.63) is 63.9 Å². The van der Waals surface area contributed by atoms with E-state index < -0.39 is 5.91 Å². The molecular weight excluding hydrogens is 400 g/mol. The van der Waals surface area contributed by atoms with Crippen molar-refractivity contribution in [1.82, 2.24) is 4.90 Å². The normalized spacial score (nSPS) is 19.5. The zero-order valence-corrected chi connectivity index (χ0v) is 17.4. The molecule has 152 valence electrons. The molecule has 0 atom stereocenters. The first kappa shape index (κ1) is 20.2. The summed E-state index contributed by atoms with van der Waals surface area (Å²) in [7, 11) is 0. The first-order chi connectivity index (χ1) is 14.5. The lowest BCUT2D eigenvalue weighted by Gasteiger charge is -2.36. The standard InChI is InChI=1S/C24H21ClN2O3/c1-15-20(13-19-10-11-22(30-19)16-6-5-7-17(25)12-16)23(28)27(24(29)21(15)14-26)18-8-3-2-4-9-18/h5-7,10-13,18H,2-4,8-9H2,1H3/b20-13+. The second-order valence-electron chi connectivity index (χ2n) is 7.65. The fraction of sp³-hybridized carbons (Fsp3) is 0.292. The third-order valence-corrected chi connectivity index (χ3v) is 5.97. The number of furan rings is 1. The van der Waals surface area contributed by atoms with Crippen LogP contribution < -0.4 is 0 Å². The molecule has 4 rings (SSSR count). The van der Waals surface area contributed by atoms with Gasteiger partial charge in [-0.05, 0) is 55.7 Å². The van der Waals surface area contributed by atoms with E-state index in [1.165, 1.54) is 4.90 Å². The molecule has 6 heteroatoms. The number of nitriles is 1. The molecule has 0 N–H and O–H groups in total. The number of hydrogen-bond acceptors (Lipinski definition) is 4. The predicted octanol–water partition coefficient (Wildman–Crippen LogP) is 5.52. The van der Waals surface area contributed by atoms with Crippen LogP contribution >= 0.6 is 11.6 Å². The SMILES string of the molecule is CC1=C(C#N)C(=O)N(C2CCCCC2)C(=O)/C1=C/c1ccc(-c2cccc(Cl)c2)o1. The highest BCUT2D eigenvalue weighted by Gasteiger charge is 2.40. The number of rotatable bonds is 3. The van der Waals surface area contributed by atoms with E-state index in [4.69, 9.17) is 16.0 Å². The topological polar surface area (TPSA) is 74.3 Å². The van der Waals surface area contributed by atoms with Gasteiger partial charge in [0.05, 0.1) is 0 Å². The summed E-state index contributed by atoms with van der Waals surface area (Å²) >= 11 is 6.06. The molecule has 0 unspecified atom stereocenters. The lowest BCUT2D eigenvalue weighted by molar-refractivity contribution is -0.143. The van der Waals surface area contributed by atoms with Gasteiger partial charge in [0.25, 0.3) is 11.8 Å². The fourth-order valence-electron chi connectivity index (χ4n) is 4.14. The molecule has 1 saturated carbocycles. The molecule has 0 saturated heterocycles. The van der Waals surface area contributed by atoms with Crippen LogP contribution in [0.15, 0.2) is 57.5 Å². The molecule has 1 aliphatic heterocycles. The minimum Gasteiger partial charge on any atom is -0.457 e. The summed E-state index contributed by atoms with van der Waals surface area (Å²) in [5.41, 5.74) is 1.56. The molecule has 1 aromatic heterocycles. The number of imide groups is 1. The monoisotopic (exact) mass is 420 g/mol. The lowest BCUT2D eigenvalue weighted by Crippen LogP contribution is -2.49. The van der Waals surface area contributed by atoms with E-state index >= 15 is 0 Å². The maximum Gasteiger partial charge on any atom is 0.271 e. The van der Waals surface area contributed by atoms with Crippen LogP contribution in [-0.2, 0) is 9.59 Å². The van der Waals surface area contributed by atoms with Crippen LogP contribution in [-0.4, -0.2) is 22.8 Å². The predicted molar refractivity (Wildman–Crippen MR) is 114 cm³/mol. The zero-order chi connectivity index (χ0) is 21.3. The van der Waals surface area contributed by atoms with E-state index in [1.807, 2.05) is 18.2 Å². The van der Waals surface area contributed by atoms with Crippen LogP contribution in [0.2, 0.25) is 5.02 Å². The maximum atomic E-state index is 13.3. The Balaban J connectivity index is 1.72. The van der Waals surface area contributed by atoms with Gasteiger partial charge in [0, 0.05) is 22.2 Å². The molecule has 1 aromatic carbocycles. The van der Waals surface area contributed by atoms with E-state index in [9.17, 15) is 14.9 Å². The molecule has 5 nitrogen and oxygen atoms in total. The van der Waals surface area contributed by atoms with Gasteiger partial charge in [-0.1, -0.05) is 43.0 Å². The molecule has 0 radical (unpaired) electrons. The van der Waals surface area contributed by atoms with Crippen molar-refractivity contribution >= 4 is 29.5 Å². The van der Waals surface area contributed by atoms with Gasteiger partial charge < -0.3 is 4.42 Å². The van der Waals surface area contributed by atoms with Crippen LogP contribution in [0.3, 0.4) is 0 Å². The molecule has 2 aromatic rings. The number of carbonyl (C=O) groups is 2. The number of carbonyl (C=O) groups excluding carboxylic acids is 2.